The lowest BCUT2D eigenvalue weighted by molar-refractivity contribution is 0.340. The van der Waals surface area contributed by atoms with E-state index in [4.69, 9.17) is 10.5 Å². The number of pyridine rings is 1. The van der Waals surface area contributed by atoms with Crippen molar-refractivity contribution in [2.75, 3.05) is 12.3 Å². The van der Waals surface area contributed by atoms with Crippen LogP contribution in [-0.4, -0.2) is 11.6 Å². The third-order valence-corrected chi connectivity index (χ3v) is 2.53. The van der Waals surface area contributed by atoms with E-state index in [9.17, 15) is 0 Å². The monoisotopic (exact) mass is 228 g/mol. The van der Waals surface area contributed by atoms with Crippen molar-refractivity contribution in [3.8, 4) is 5.75 Å². The maximum Gasteiger partial charge on any atom is 0.119 e. The molecule has 0 saturated heterocycles. The summed E-state index contributed by atoms with van der Waals surface area (Å²) < 4.78 is 5.39. The molecule has 0 aliphatic carbocycles. The minimum atomic E-state index is 0.687. The lowest BCUT2D eigenvalue weighted by Crippen LogP contribution is -1.98. The van der Waals surface area contributed by atoms with Gasteiger partial charge in [0.1, 0.15) is 5.75 Å². The fourth-order valence-corrected chi connectivity index (χ4v) is 1.66. The molecule has 17 heavy (non-hydrogen) atoms. The van der Waals surface area contributed by atoms with E-state index in [1.165, 1.54) is 5.56 Å². The van der Waals surface area contributed by atoms with E-state index in [1.54, 1.807) is 6.20 Å². The van der Waals surface area contributed by atoms with E-state index in [0.717, 1.165) is 23.6 Å². The molecule has 0 saturated carbocycles. The first-order valence-electron chi connectivity index (χ1n) is 5.70. The molecule has 0 atom stereocenters. The highest BCUT2D eigenvalue weighted by atomic mass is 16.5. The number of benzene rings is 1. The summed E-state index contributed by atoms with van der Waals surface area (Å²) in [5.41, 5.74) is 8.69. The van der Waals surface area contributed by atoms with Crippen LogP contribution in [0, 0.1) is 0 Å². The molecule has 1 aromatic heterocycles. The first kappa shape index (κ1) is 11.5. The van der Waals surface area contributed by atoms with Gasteiger partial charge in [-0.15, -0.1) is 0 Å². The van der Waals surface area contributed by atoms with Gasteiger partial charge in [-0.1, -0.05) is 12.1 Å². The molecule has 3 heteroatoms. The molecule has 0 aliphatic heterocycles. The third kappa shape index (κ3) is 2.97. The Kier molecular flexibility index (Phi) is 3.60. The first-order chi connectivity index (χ1) is 8.29. The van der Waals surface area contributed by atoms with Crippen LogP contribution in [-0.2, 0) is 6.42 Å². The highest BCUT2D eigenvalue weighted by Gasteiger charge is 2.01. The second kappa shape index (κ2) is 5.34. The van der Waals surface area contributed by atoms with Gasteiger partial charge in [-0.3, -0.25) is 4.98 Å². The molecular formula is C14H16N2O. The van der Waals surface area contributed by atoms with E-state index < -0.39 is 0 Å². The van der Waals surface area contributed by atoms with Gasteiger partial charge in [0, 0.05) is 12.6 Å². The summed E-state index contributed by atoms with van der Waals surface area (Å²) in [5.74, 6) is 0.894. The normalized spacial score (nSPS) is 10.2. The number of rotatable bonds is 4. The largest absolute Gasteiger partial charge is 0.494 e. The minimum absolute atomic E-state index is 0.687. The van der Waals surface area contributed by atoms with Crippen molar-refractivity contribution in [3.63, 3.8) is 0 Å². The topological polar surface area (TPSA) is 48.1 Å². The Labute approximate surface area is 101 Å². The fourth-order valence-electron chi connectivity index (χ4n) is 1.66. The molecule has 2 aromatic rings. The molecule has 0 radical (unpaired) electrons. The zero-order valence-corrected chi connectivity index (χ0v) is 9.89. The molecule has 0 bridgehead atoms. The average molecular weight is 228 g/mol. The SMILES string of the molecule is CCOc1ccc(Cc2ncccc2N)cc1. The Bertz CT molecular complexity index is 480. The third-order valence-electron chi connectivity index (χ3n) is 2.53. The Hall–Kier alpha value is -2.03. The number of nitrogens with zero attached hydrogens (tertiary/aromatic N) is 1. The van der Waals surface area contributed by atoms with Crippen LogP contribution in [0.1, 0.15) is 18.2 Å². The van der Waals surface area contributed by atoms with Crippen LogP contribution in [0.4, 0.5) is 5.69 Å². The van der Waals surface area contributed by atoms with Gasteiger partial charge in [-0.05, 0) is 36.8 Å². The van der Waals surface area contributed by atoms with Crippen LogP contribution in [0.15, 0.2) is 42.6 Å². The zero-order valence-electron chi connectivity index (χ0n) is 9.89. The van der Waals surface area contributed by atoms with Crippen LogP contribution >= 0.6 is 0 Å². The predicted octanol–water partition coefficient (Wildman–Crippen LogP) is 2.65. The average Bonchev–Trinajstić information content (AvgIpc) is 2.35. The van der Waals surface area contributed by atoms with E-state index in [2.05, 4.69) is 4.98 Å². The molecule has 0 spiro atoms. The van der Waals surface area contributed by atoms with Gasteiger partial charge in [-0.2, -0.15) is 0 Å². The van der Waals surface area contributed by atoms with E-state index in [1.807, 2.05) is 43.3 Å². The van der Waals surface area contributed by atoms with Crippen molar-refractivity contribution in [3.05, 3.63) is 53.9 Å². The fraction of sp³-hybridized carbons (Fsp3) is 0.214. The molecule has 0 unspecified atom stereocenters. The Morgan fingerprint density at radius 2 is 1.94 bits per heavy atom. The van der Waals surface area contributed by atoms with Gasteiger partial charge in [-0.25, -0.2) is 0 Å². The van der Waals surface area contributed by atoms with Gasteiger partial charge in [0.25, 0.3) is 0 Å². The lowest BCUT2D eigenvalue weighted by atomic mass is 10.1. The molecule has 2 N–H and O–H groups in total. The molecule has 3 nitrogen and oxygen atoms in total. The van der Waals surface area contributed by atoms with Gasteiger partial charge < -0.3 is 10.5 Å². The Morgan fingerprint density at radius 3 is 2.59 bits per heavy atom. The maximum absolute atomic E-state index is 5.86. The lowest BCUT2D eigenvalue weighted by Gasteiger charge is -2.06. The van der Waals surface area contributed by atoms with E-state index >= 15 is 0 Å². The number of hydrogen-bond donors (Lipinski definition) is 1. The van der Waals surface area contributed by atoms with E-state index in [0.29, 0.717) is 6.61 Å². The molecule has 0 amide bonds. The molecule has 1 heterocycles. The molecular weight excluding hydrogens is 212 g/mol. The Balaban J connectivity index is 2.11. The number of ether oxygens (including phenoxy) is 1. The molecule has 0 aliphatic rings. The van der Waals surface area contributed by atoms with Crippen LogP contribution in [0.25, 0.3) is 0 Å². The quantitative estimate of drug-likeness (QED) is 0.875. The summed E-state index contributed by atoms with van der Waals surface area (Å²) in [7, 11) is 0. The summed E-state index contributed by atoms with van der Waals surface area (Å²) in [6, 6.07) is 11.7. The number of nitrogens with two attached hydrogens (primary N) is 1. The summed E-state index contributed by atoms with van der Waals surface area (Å²) in [5, 5.41) is 0. The van der Waals surface area contributed by atoms with Crippen molar-refractivity contribution in [2.24, 2.45) is 0 Å². The number of nitrogen functional groups attached to an aromatic ring is 1. The number of aromatic nitrogens is 1. The predicted molar refractivity (Wildman–Crippen MR) is 69.1 cm³/mol. The van der Waals surface area contributed by atoms with Crippen LogP contribution in [0.3, 0.4) is 0 Å². The maximum atomic E-state index is 5.86. The zero-order chi connectivity index (χ0) is 12.1. The highest BCUT2D eigenvalue weighted by molar-refractivity contribution is 5.44. The highest BCUT2D eigenvalue weighted by Crippen LogP contribution is 2.16. The van der Waals surface area contributed by atoms with Crippen molar-refractivity contribution in [1.29, 1.82) is 0 Å². The summed E-state index contributed by atoms with van der Waals surface area (Å²) in [4.78, 5) is 4.28. The van der Waals surface area contributed by atoms with Crippen molar-refractivity contribution in [2.45, 2.75) is 13.3 Å². The van der Waals surface area contributed by atoms with Crippen LogP contribution < -0.4 is 10.5 Å². The van der Waals surface area contributed by atoms with Gasteiger partial charge in [0.2, 0.25) is 0 Å². The molecule has 2 rings (SSSR count). The molecule has 88 valence electrons. The smallest absolute Gasteiger partial charge is 0.119 e. The molecule has 0 fully saturated rings. The minimum Gasteiger partial charge on any atom is -0.494 e. The van der Waals surface area contributed by atoms with Crippen molar-refractivity contribution in [1.82, 2.24) is 4.98 Å². The first-order valence-corrected chi connectivity index (χ1v) is 5.70. The Morgan fingerprint density at radius 1 is 1.18 bits per heavy atom. The van der Waals surface area contributed by atoms with Crippen molar-refractivity contribution < 1.29 is 4.74 Å². The van der Waals surface area contributed by atoms with Gasteiger partial charge in [0.05, 0.1) is 18.0 Å². The van der Waals surface area contributed by atoms with E-state index in [-0.39, 0.29) is 0 Å². The number of hydrogen-bond acceptors (Lipinski definition) is 3. The van der Waals surface area contributed by atoms with Crippen LogP contribution in [0.2, 0.25) is 0 Å². The number of anilines is 1. The van der Waals surface area contributed by atoms with Crippen molar-refractivity contribution >= 4 is 5.69 Å². The second-order valence-corrected chi connectivity index (χ2v) is 3.79. The van der Waals surface area contributed by atoms with Gasteiger partial charge >= 0.3 is 0 Å². The second-order valence-electron chi connectivity index (χ2n) is 3.79. The summed E-state index contributed by atoms with van der Waals surface area (Å²) >= 11 is 0. The molecule has 1 aromatic carbocycles. The standard InChI is InChI=1S/C14H16N2O/c1-2-17-12-7-5-11(6-8-12)10-14-13(15)4-3-9-16-14/h3-9H,2,10,15H2,1H3. The summed E-state index contributed by atoms with van der Waals surface area (Å²) in [6.45, 7) is 2.66. The van der Waals surface area contributed by atoms with Gasteiger partial charge in [0.15, 0.2) is 0 Å². The van der Waals surface area contributed by atoms with Crippen LogP contribution in [0.5, 0.6) is 5.75 Å². The summed E-state index contributed by atoms with van der Waals surface area (Å²) in [6.07, 6.45) is 2.51.